The van der Waals surface area contributed by atoms with Crippen molar-refractivity contribution in [1.29, 1.82) is 0 Å². The summed E-state index contributed by atoms with van der Waals surface area (Å²) in [6.45, 7) is 6.78. The second kappa shape index (κ2) is 6.11. The van der Waals surface area contributed by atoms with Crippen LogP contribution in [0.3, 0.4) is 0 Å². The van der Waals surface area contributed by atoms with Gasteiger partial charge in [0.05, 0.1) is 16.7 Å². The number of fused-ring (bicyclic) bond motifs is 1. The summed E-state index contributed by atoms with van der Waals surface area (Å²) in [6.07, 6.45) is 5.23. The Bertz CT molecular complexity index is 868. The number of hydrogen-bond acceptors (Lipinski definition) is 4. The maximum Gasteiger partial charge on any atom is 0.272 e. The van der Waals surface area contributed by atoms with E-state index >= 15 is 0 Å². The molecule has 0 saturated carbocycles. The third-order valence-corrected chi connectivity index (χ3v) is 4.18. The summed E-state index contributed by atoms with van der Waals surface area (Å²) < 4.78 is 4.28. The molecule has 1 amide bonds. The van der Waals surface area contributed by atoms with Crippen molar-refractivity contribution >= 4 is 27.5 Å². The molecule has 0 fully saturated rings. The molecule has 1 unspecified atom stereocenters. The van der Waals surface area contributed by atoms with Crippen molar-refractivity contribution in [1.82, 2.24) is 29.7 Å². The molecule has 120 valence electrons. The number of carbonyl (C=O) groups excluding carboxylic acids is 1. The summed E-state index contributed by atoms with van der Waals surface area (Å²) in [5.41, 5.74) is 3.02. The highest BCUT2D eigenvalue weighted by Gasteiger charge is 2.18. The minimum absolute atomic E-state index is 0.146. The van der Waals surface area contributed by atoms with E-state index in [1.165, 1.54) is 0 Å². The molecule has 0 aliphatic heterocycles. The van der Waals surface area contributed by atoms with Gasteiger partial charge in [-0.15, -0.1) is 0 Å². The van der Waals surface area contributed by atoms with E-state index in [9.17, 15) is 4.79 Å². The first-order valence-electron chi connectivity index (χ1n) is 7.33. The smallest absolute Gasteiger partial charge is 0.272 e. The Hall–Kier alpha value is -2.22. The van der Waals surface area contributed by atoms with Crippen LogP contribution in [-0.4, -0.2) is 30.3 Å². The summed E-state index contributed by atoms with van der Waals surface area (Å²) >= 11 is 3.33. The van der Waals surface area contributed by atoms with Gasteiger partial charge in [-0.05, 0) is 36.7 Å². The molecule has 1 N–H and O–H groups in total. The Kier molecular flexibility index (Phi) is 4.16. The minimum atomic E-state index is -0.234. The maximum absolute atomic E-state index is 12.4. The van der Waals surface area contributed by atoms with Gasteiger partial charge in [0.25, 0.3) is 5.91 Å². The molecule has 7 nitrogen and oxygen atoms in total. The van der Waals surface area contributed by atoms with Crippen LogP contribution in [0.5, 0.6) is 0 Å². The molecular weight excluding hydrogens is 360 g/mol. The molecular formula is C15H17BrN6O. The van der Waals surface area contributed by atoms with Gasteiger partial charge in [-0.25, -0.2) is 9.50 Å². The fourth-order valence-corrected chi connectivity index (χ4v) is 2.81. The van der Waals surface area contributed by atoms with Crippen LogP contribution in [0.15, 0.2) is 29.1 Å². The van der Waals surface area contributed by atoms with Crippen molar-refractivity contribution in [3.63, 3.8) is 0 Å². The van der Waals surface area contributed by atoms with Crippen molar-refractivity contribution in [2.45, 2.75) is 33.4 Å². The van der Waals surface area contributed by atoms with Gasteiger partial charge in [-0.3, -0.25) is 9.48 Å². The highest BCUT2D eigenvalue weighted by molar-refractivity contribution is 9.10. The Morgan fingerprint density at radius 1 is 1.43 bits per heavy atom. The van der Waals surface area contributed by atoms with Crippen LogP contribution in [0.4, 0.5) is 0 Å². The summed E-state index contributed by atoms with van der Waals surface area (Å²) in [6, 6.07) is 1.52. The summed E-state index contributed by atoms with van der Waals surface area (Å²) in [5, 5.41) is 11.5. The van der Waals surface area contributed by atoms with E-state index in [2.05, 4.69) is 36.4 Å². The first kappa shape index (κ1) is 15.7. The Morgan fingerprint density at radius 3 is 2.91 bits per heavy atom. The molecule has 3 rings (SSSR count). The van der Waals surface area contributed by atoms with Crippen LogP contribution in [0, 0.1) is 6.92 Å². The Morgan fingerprint density at radius 2 is 2.22 bits per heavy atom. The predicted molar refractivity (Wildman–Crippen MR) is 89.2 cm³/mol. The highest BCUT2D eigenvalue weighted by Crippen LogP contribution is 2.17. The number of hydrogen-bond donors (Lipinski definition) is 1. The van der Waals surface area contributed by atoms with Gasteiger partial charge >= 0.3 is 0 Å². The Labute approximate surface area is 141 Å². The van der Waals surface area contributed by atoms with Crippen LogP contribution < -0.4 is 5.32 Å². The lowest BCUT2D eigenvalue weighted by atomic mass is 10.1. The molecule has 0 spiro atoms. The molecule has 23 heavy (non-hydrogen) atoms. The average Bonchev–Trinajstić information content (AvgIpc) is 3.09. The summed E-state index contributed by atoms with van der Waals surface area (Å²) in [4.78, 5) is 16.6. The van der Waals surface area contributed by atoms with Crippen LogP contribution in [0.1, 0.15) is 41.6 Å². The predicted octanol–water partition coefficient (Wildman–Crippen LogP) is 2.51. The van der Waals surface area contributed by atoms with E-state index in [0.717, 1.165) is 22.3 Å². The molecule has 1 atom stereocenters. The molecule has 0 saturated heterocycles. The normalized spacial score (nSPS) is 12.5. The summed E-state index contributed by atoms with van der Waals surface area (Å²) in [5.74, 6) is -0.234. The number of rotatable bonds is 4. The zero-order chi connectivity index (χ0) is 16.6. The topological polar surface area (TPSA) is 77.1 Å². The lowest BCUT2D eigenvalue weighted by Gasteiger charge is -2.12. The van der Waals surface area contributed by atoms with Gasteiger partial charge in [0.2, 0.25) is 0 Å². The average molecular weight is 377 g/mol. The van der Waals surface area contributed by atoms with E-state index in [1.807, 2.05) is 25.5 Å². The third kappa shape index (κ3) is 2.98. The molecule has 3 aromatic rings. The zero-order valence-electron chi connectivity index (χ0n) is 13.1. The first-order valence-corrected chi connectivity index (χ1v) is 8.13. The first-order chi connectivity index (χ1) is 11.0. The van der Waals surface area contributed by atoms with E-state index in [-0.39, 0.29) is 11.9 Å². The van der Waals surface area contributed by atoms with Gasteiger partial charge in [0, 0.05) is 36.3 Å². The molecule has 3 aromatic heterocycles. The summed E-state index contributed by atoms with van der Waals surface area (Å²) in [7, 11) is 0. The molecule has 0 aliphatic carbocycles. The number of carbonyl (C=O) groups is 1. The molecule has 0 radical (unpaired) electrons. The molecule has 0 bridgehead atoms. The number of amides is 1. The fourth-order valence-electron chi connectivity index (χ4n) is 2.52. The number of aryl methyl sites for hydroxylation is 1. The number of aromatic nitrogens is 5. The standard InChI is InChI=1S/C15H17BrN6O/c1-4-21-10(3)12(7-18-21)9(2)19-15(23)13-5-14-17-6-11(16)8-22(14)20-13/h5-9H,4H2,1-3H3,(H,19,23). The van der Waals surface area contributed by atoms with Crippen molar-refractivity contribution in [2.75, 3.05) is 0 Å². The van der Waals surface area contributed by atoms with Crippen LogP contribution in [-0.2, 0) is 6.54 Å². The van der Waals surface area contributed by atoms with Crippen LogP contribution in [0.2, 0.25) is 0 Å². The lowest BCUT2D eigenvalue weighted by molar-refractivity contribution is 0.0934. The Balaban J connectivity index is 1.80. The number of halogens is 1. The highest BCUT2D eigenvalue weighted by atomic mass is 79.9. The zero-order valence-corrected chi connectivity index (χ0v) is 14.7. The molecule has 8 heteroatoms. The molecule has 0 aliphatic rings. The van der Waals surface area contributed by atoms with Gasteiger partial charge in [-0.1, -0.05) is 0 Å². The third-order valence-electron chi connectivity index (χ3n) is 3.77. The van der Waals surface area contributed by atoms with E-state index < -0.39 is 0 Å². The minimum Gasteiger partial charge on any atom is -0.344 e. The number of nitrogens with zero attached hydrogens (tertiary/aromatic N) is 5. The monoisotopic (exact) mass is 376 g/mol. The van der Waals surface area contributed by atoms with Crippen molar-refractivity contribution in [3.8, 4) is 0 Å². The van der Waals surface area contributed by atoms with Crippen molar-refractivity contribution in [3.05, 3.63) is 46.1 Å². The van der Waals surface area contributed by atoms with Gasteiger partial charge in [0.15, 0.2) is 11.3 Å². The second-order valence-electron chi connectivity index (χ2n) is 5.30. The lowest BCUT2D eigenvalue weighted by Crippen LogP contribution is -2.27. The van der Waals surface area contributed by atoms with Crippen LogP contribution >= 0.6 is 15.9 Å². The van der Waals surface area contributed by atoms with E-state index in [1.54, 1.807) is 29.2 Å². The van der Waals surface area contributed by atoms with Crippen molar-refractivity contribution < 1.29 is 4.79 Å². The van der Waals surface area contributed by atoms with E-state index in [0.29, 0.717) is 11.3 Å². The van der Waals surface area contributed by atoms with E-state index in [4.69, 9.17) is 0 Å². The fraction of sp³-hybridized carbons (Fsp3) is 0.333. The van der Waals surface area contributed by atoms with Crippen LogP contribution in [0.25, 0.3) is 5.65 Å². The van der Waals surface area contributed by atoms with Gasteiger partial charge < -0.3 is 5.32 Å². The van der Waals surface area contributed by atoms with Gasteiger partial charge in [-0.2, -0.15) is 10.2 Å². The van der Waals surface area contributed by atoms with Crippen molar-refractivity contribution in [2.24, 2.45) is 0 Å². The molecule has 3 heterocycles. The largest absolute Gasteiger partial charge is 0.344 e. The second-order valence-corrected chi connectivity index (χ2v) is 6.22. The molecule has 0 aromatic carbocycles. The SMILES string of the molecule is CCn1ncc(C(C)NC(=O)c2cc3ncc(Br)cn3n2)c1C. The van der Waals surface area contributed by atoms with Gasteiger partial charge in [0.1, 0.15) is 0 Å². The quantitative estimate of drug-likeness (QED) is 0.758. The maximum atomic E-state index is 12.4. The number of nitrogens with one attached hydrogen (secondary N) is 1.